The van der Waals surface area contributed by atoms with E-state index >= 15 is 0 Å². The van der Waals surface area contributed by atoms with Crippen LogP contribution in [0.4, 0.5) is 0 Å². The fraction of sp³-hybridized carbons (Fsp3) is 0. The van der Waals surface area contributed by atoms with Crippen LogP contribution in [0.1, 0.15) is 21.5 Å². The monoisotopic (exact) mass is 234 g/mol. The summed E-state index contributed by atoms with van der Waals surface area (Å²) in [6, 6.07) is 16.7. The molecule has 3 rings (SSSR count). The first-order chi connectivity index (χ1) is 8.77. The lowest BCUT2D eigenvalue weighted by molar-refractivity contribution is -0.109. The van der Waals surface area contributed by atoms with Crippen LogP contribution in [0.5, 0.6) is 0 Å². The maximum absolute atomic E-state index is 11.9. The van der Waals surface area contributed by atoms with Gasteiger partial charge in [-0.25, -0.2) is 0 Å². The molecule has 86 valence electrons. The van der Waals surface area contributed by atoms with Crippen molar-refractivity contribution in [2.75, 3.05) is 0 Å². The summed E-state index contributed by atoms with van der Waals surface area (Å²) in [7, 11) is 0. The predicted molar refractivity (Wildman–Crippen MR) is 70.1 cm³/mol. The van der Waals surface area contributed by atoms with E-state index in [2.05, 4.69) is 0 Å². The molecule has 0 unspecified atom stereocenters. The Morgan fingerprint density at radius 1 is 0.667 bits per heavy atom. The Bertz CT molecular complexity index is 667. The van der Waals surface area contributed by atoms with Crippen LogP contribution in [0, 0.1) is 0 Å². The summed E-state index contributed by atoms with van der Waals surface area (Å²) in [5, 5.41) is 0. The summed E-state index contributed by atoms with van der Waals surface area (Å²) < 4.78 is 0. The number of fused-ring (bicyclic) bond motifs is 1. The molecule has 0 fully saturated rings. The van der Waals surface area contributed by atoms with Gasteiger partial charge in [0.15, 0.2) is 0 Å². The number of ketones is 2. The number of carbonyl (C=O) groups is 2. The molecule has 0 bridgehead atoms. The molecular weight excluding hydrogens is 224 g/mol. The number of benzene rings is 2. The molecule has 0 saturated carbocycles. The van der Waals surface area contributed by atoms with Gasteiger partial charge in [0.05, 0.1) is 0 Å². The molecule has 0 saturated heterocycles. The normalized spacial score (nSPS) is 16.1. The molecule has 0 heterocycles. The van der Waals surface area contributed by atoms with Crippen LogP contribution in [0.15, 0.2) is 54.6 Å². The summed E-state index contributed by atoms with van der Waals surface area (Å²) in [5.41, 5.74) is 2.65. The van der Waals surface area contributed by atoms with Crippen molar-refractivity contribution in [3.63, 3.8) is 0 Å². The first-order valence-corrected chi connectivity index (χ1v) is 5.72. The van der Waals surface area contributed by atoms with Crippen LogP contribution >= 0.6 is 0 Å². The Hall–Kier alpha value is -2.48. The SMILES string of the molecule is O=C1C(=O)c2ccccc2C1=Cc1ccccc1. The zero-order valence-corrected chi connectivity index (χ0v) is 9.59. The molecular formula is C16H10O2. The third kappa shape index (κ3) is 1.59. The van der Waals surface area contributed by atoms with E-state index in [4.69, 9.17) is 0 Å². The van der Waals surface area contributed by atoms with E-state index < -0.39 is 11.6 Å². The van der Waals surface area contributed by atoms with Gasteiger partial charge in [0, 0.05) is 11.1 Å². The minimum absolute atomic E-state index is 0.409. The summed E-state index contributed by atoms with van der Waals surface area (Å²) in [4.78, 5) is 23.8. The highest BCUT2D eigenvalue weighted by atomic mass is 16.2. The van der Waals surface area contributed by atoms with Crippen molar-refractivity contribution in [1.82, 2.24) is 0 Å². The number of hydrogen-bond donors (Lipinski definition) is 0. The first-order valence-electron chi connectivity index (χ1n) is 5.72. The lowest BCUT2D eigenvalue weighted by Crippen LogP contribution is -2.05. The van der Waals surface area contributed by atoms with Crippen LogP contribution in [0.3, 0.4) is 0 Å². The van der Waals surface area contributed by atoms with Crippen molar-refractivity contribution in [2.45, 2.75) is 0 Å². The fourth-order valence-corrected chi connectivity index (χ4v) is 2.14. The highest BCUT2D eigenvalue weighted by Gasteiger charge is 2.32. The van der Waals surface area contributed by atoms with Gasteiger partial charge >= 0.3 is 0 Å². The van der Waals surface area contributed by atoms with Gasteiger partial charge in [-0.3, -0.25) is 9.59 Å². The molecule has 0 aromatic heterocycles. The zero-order valence-electron chi connectivity index (χ0n) is 9.59. The average Bonchev–Trinajstić information content (AvgIpc) is 2.66. The summed E-state index contributed by atoms with van der Waals surface area (Å²) in [6.45, 7) is 0. The van der Waals surface area contributed by atoms with Crippen LogP contribution in [-0.4, -0.2) is 11.6 Å². The maximum Gasteiger partial charge on any atom is 0.234 e. The van der Waals surface area contributed by atoms with Gasteiger partial charge in [0.25, 0.3) is 0 Å². The molecule has 2 nitrogen and oxygen atoms in total. The smallest absolute Gasteiger partial charge is 0.234 e. The fourth-order valence-electron chi connectivity index (χ4n) is 2.14. The molecule has 1 aliphatic carbocycles. The Morgan fingerprint density at radius 3 is 2.00 bits per heavy atom. The minimum Gasteiger partial charge on any atom is -0.285 e. The largest absolute Gasteiger partial charge is 0.285 e. The van der Waals surface area contributed by atoms with Crippen LogP contribution in [0.2, 0.25) is 0 Å². The molecule has 0 spiro atoms. The van der Waals surface area contributed by atoms with Gasteiger partial charge in [-0.2, -0.15) is 0 Å². The third-order valence-electron chi connectivity index (χ3n) is 3.02. The van der Waals surface area contributed by atoms with E-state index in [-0.39, 0.29) is 0 Å². The number of rotatable bonds is 1. The summed E-state index contributed by atoms with van der Waals surface area (Å²) in [6.07, 6.45) is 1.77. The van der Waals surface area contributed by atoms with Crippen molar-refractivity contribution in [3.8, 4) is 0 Å². The predicted octanol–water partition coefficient (Wildman–Crippen LogP) is 2.99. The lowest BCUT2D eigenvalue weighted by Gasteiger charge is -1.98. The van der Waals surface area contributed by atoms with E-state index in [1.165, 1.54) is 0 Å². The lowest BCUT2D eigenvalue weighted by atomic mass is 10.0. The average molecular weight is 234 g/mol. The molecule has 1 aliphatic rings. The van der Waals surface area contributed by atoms with Crippen LogP contribution < -0.4 is 0 Å². The van der Waals surface area contributed by atoms with Crippen molar-refractivity contribution in [1.29, 1.82) is 0 Å². The Balaban J connectivity index is 2.17. The summed E-state index contributed by atoms with van der Waals surface area (Å²) >= 11 is 0. The molecule has 0 radical (unpaired) electrons. The summed E-state index contributed by atoms with van der Waals surface area (Å²) in [5.74, 6) is -0.826. The Labute approximate surface area is 105 Å². The molecule has 0 N–H and O–H groups in total. The molecule has 0 atom stereocenters. The topological polar surface area (TPSA) is 34.1 Å². The quantitative estimate of drug-likeness (QED) is 0.561. The molecule has 0 aliphatic heterocycles. The van der Waals surface area contributed by atoms with Gasteiger partial charge in [-0.15, -0.1) is 0 Å². The van der Waals surface area contributed by atoms with E-state index in [0.717, 1.165) is 11.1 Å². The molecule has 2 aromatic carbocycles. The maximum atomic E-state index is 11.9. The second-order valence-corrected chi connectivity index (χ2v) is 4.17. The van der Waals surface area contributed by atoms with Gasteiger partial charge in [-0.1, -0.05) is 54.6 Å². The van der Waals surface area contributed by atoms with Gasteiger partial charge < -0.3 is 0 Å². The number of Topliss-reactive ketones (excluding diaryl/α,β-unsaturated/α-hetero) is 2. The number of hydrogen-bond acceptors (Lipinski definition) is 2. The van der Waals surface area contributed by atoms with E-state index in [1.54, 1.807) is 18.2 Å². The standard InChI is InChI=1S/C16H10O2/c17-15-13-9-5-4-8-12(13)14(16(15)18)10-11-6-2-1-3-7-11/h1-10H. The van der Waals surface area contributed by atoms with Crippen LogP contribution in [-0.2, 0) is 4.79 Å². The first kappa shape index (κ1) is 10.7. The number of carbonyl (C=O) groups excluding carboxylic acids is 2. The third-order valence-corrected chi connectivity index (χ3v) is 3.02. The van der Waals surface area contributed by atoms with Gasteiger partial charge in [0.2, 0.25) is 11.6 Å². The number of allylic oxidation sites excluding steroid dienone is 1. The molecule has 0 amide bonds. The van der Waals surface area contributed by atoms with Crippen LogP contribution in [0.25, 0.3) is 11.6 Å². The highest BCUT2D eigenvalue weighted by molar-refractivity contribution is 6.64. The van der Waals surface area contributed by atoms with Gasteiger partial charge in [0.1, 0.15) is 0 Å². The van der Waals surface area contributed by atoms with Crippen molar-refractivity contribution < 1.29 is 9.59 Å². The Morgan fingerprint density at radius 2 is 1.28 bits per heavy atom. The van der Waals surface area contributed by atoms with E-state index in [1.807, 2.05) is 42.5 Å². The molecule has 18 heavy (non-hydrogen) atoms. The van der Waals surface area contributed by atoms with Crippen molar-refractivity contribution in [3.05, 3.63) is 71.3 Å². The minimum atomic E-state index is -0.417. The Kier molecular flexibility index (Phi) is 2.41. The van der Waals surface area contributed by atoms with E-state index in [9.17, 15) is 9.59 Å². The highest BCUT2D eigenvalue weighted by Crippen LogP contribution is 2.30. The van der Waals surface area contributed by atoms with Gasteiger partial charge in [-0.05, 0) is 17.2 Å². The zero-order chi connectivity index (χ0) is 12.5. The van der Waals surface area contributed by atoms with Crippen molar-refractivity contribution in [2.24, 2.45) is 0 Å². The van der Waals surface area contributed by atoms with E-state index in [0.29, 0.717) is 11.1 Å². The second kappa shape index (κ2) is 4.08. The second-order valence-electron chi connectivity index (χ2n) is 4.17. The molecule has 2 heteroatoms. The van der Waals surface area contributed by atoms with Crippen molar-refractivity contribution >= 4 is 23.2 Å². The molecule has 2 aromatic rings.